The summed E-state index contributed by atoms with van der Waals surface area (Å²) in [6.45, 7) is 2.78. The topological polar surface area (TPSA) is 79.4 Å². The van der Waals surface area contributed by atoms with Crippen LogP contribution in [0.25, 0.3) is 0 Å². The lowest BCUT2D eigenvalue weighted by Crippen LogP contribution is -2.42. The molecule has 1 aromatic rings. The third-order valence-corrected chi connectivity index (χ3v) is 4.83. The van der Waals surface area contributed by atoms with Crippen molar-refractivity contribution in [2.75, 3.05) is 24.5 Å². The van der Waals surface area contributed by atoms with Gasteiger partial charge in [-0.05, 0) is 37.7 Å². The number of aromatic nitrogens is 2. The number of nitrogens with zero attached hydrogens (tertiary/aromatic N) is 4. The molecule has 2 heterocycles. The second kappa shape index (κ2) is 10.0. The van der Waals surface area contributed by atoms with Crippen LogP contribution in [0.1, 0.15) is 44.9 Å². The van der Waals surface area contributed by atoms with E-state index in [1.165, 1.54) is 38.5 Å². The number of hydrogen-bond acceptors (Lipinski definition) is 4. The average molecular weight is 444 g/mol. The molecule has 1 saturated heterocycles. The van der Waals surface area contributed by atoms with Crippen LogP contribution >= 0.6 is 24.0 Å². The van der Waals surface area contributed by atoms with Crippen LogP contribution in [0.3, 0.4) is 0 Å². The Morgan fingerprint density at radius 2 is 1.92 bits per heavy atom. The van der Waals surface area contributed by atoms with Crippen LogP contribution in [-0.2, 0) is 0 Å². The Bertz CT molecular complexity index is 503. The van der Waals surface area contributed by atoms with Crippen molar-refractivity contribution >= 4 is 35.9 Å². The van der Waals surface area contributed by atoms with E-state index in [2.05, 4.69) is 25.2 Å². The van der Waals surface area contributed by atoms with Gasteiger partial charge in [0, 0.05) is 38.1 Å². The number of nitrogens with two attached hydrogens (primary N) is 1. The molecule has 1 atom stereocenters. The summed E-state index contributed by atoms with van der Waals surface area (Å²) in [7, 11) is 0. The van der Waals surface area contributed by atoms with Crippen LogP contribution in [0.2, 0.25) is 0 Å². The van der Waals surface area contributed by atoms with E-state index in [1.54, 1.807) is 12.4 Å². The van der Waals surface area contributed by atoms with Gasteiger partial charge in [-0.2, -0.15) is 0 Å². The summed E-state index contributed by atoms with van der Waals surface area (Å²) in [5.41, 5.74) is 6.07. The van der Waals surface area contributed by atoms with Crippen molar-refractivity contribution in [3.05, 3.63) is 18.5 Å². The molecule has 0 aromatic carbocycles. The van der Waals surface area contributed by atoms with E-state index in [0.29, 0.717) is 17.9 Å². The first-order chi connectivity index (χ1) is 11.3. The van der Waals surface area contributed by atoms with Crippen LogP contribution in [0.15, 0.2) is 23.5 Å². The van der Waals surface area contributed by atoms with Crippen molar-refractivity contribution in [1.29, 1.82) is 0 Å². The van der Waals surface area contributed by atoms with E-state index in [1.807, 2.05) is 6.07 Å². The summed E-state index contributed by atoms with van der Waals surface area (Å²) in [5.74, 6) is 1.97. The number of hydrogen-bond donors (Lipinski definition) is 2. The summed E-state index contributed by atoms with van der Waals surface area (Å²) in [5, 5.41) is 3.39. The standard InChI is InChI=1S/C17H28N6.HI/c18-16(22-15-7-2-1-3-8-15)21-12-14-6-4-11-23(13-14)17-19-9-5-10-20-17;/h5,9-10,14-15H,1-4,6-8,11-13H2,(H3,18,21,22);1H. The molecule has 1 aromatic heterocycles. The molecule has 3 rings (SSSR count). The molecule has 2 aliphatic rings. The molecule has 1 saturated carbocycles. The number of guanidine groups is 1. The fourth-order valence-electron chi connectivity index (χ4n) is 3.58. The van der Waals surface area contributed by atoms with Crippen molar-refractivity contribution in [2.45, 2.75) is 51.0 Å². The zero-order chi connectivity index (χ0) is 15.9. The van der Waals surface area contributed by atoms with Crippen molar-refractivity contribution in [3.63, 3.8) is 0 Å². The van der Waals surface area contributed by atoms with Gasteiger partial charge >= 0.3 is 0 Å². The van der Waals surface area contributed by atoms with Crippen molar-refractivity contribution < 1.29 is 0 Å². The lowest BCUT2D eigenvalue weighted by atomic mass is 9.96. The van der Waals surface area contributed by atoms with Gasteiger partial charge in [-0.15, -0.1) is 24.0 Å². The first-order valence-electron chi connectivity index (χ1n) is 8.89. The monoisotopic (exact) mass is 444 g/mol. The molecule has 1 aliphatic carbocycles. The lowest BCUT2D eigenvalue weighted by Gasteiger charge is -2.32. The number of nitrogens with one attached hydrogen (secondary N) is 1. The predicted molar refractivity (Wildman–Crippen MR) is 109 cm³/mol. The summed E-state index contributed by atoms with van der Waals surface area (Å²) in [4.78, 5) is 15.5. The molecule has 0 amide bonds. The third kappa shape index (κ3) is 5.75. The third-order valence-electron chi connectivity index (χ3n) is 4.83. The summed E-state index contributed by atoms with van der Waals surface area (Å²) in [6, 6.07) is 2.38. The second-order valence-corrected chi connectivity index (χ2v) is 6.71. The molecular formula is C17H29IN6. The molecule has 2 fully saturated rings. The Morgan fingerprint density at radius 3 is 2.67 bits per heavy atom. The van der Waals surface area contributed by atoms with Crippen molar-refractivity contribution in [2.24, 2.45) is 16.6 Å². The molecule has 0 radical (unpaired) electrons. The zero-order valence-corrected chi connectivity index (χ0v) is 16.6. The summed E-state index contributed by atoms with van der Waals surface area (Å²) >= 11 is 0. The smallest absolute Gasteiger partial charge is 0.225 e. The zero-order valence-electron chi connectivity index (χ0n) is 14.2. The normalized spacial score (nSPS) is 22.8. The van der Waals surface area contributed by atoms with Gasteiger partial charge in [-0.1, -0.05) is 19.3 Å². The maximum atomic E-state index is 6.07. The van der Waals surface area contributed by atoms with Crippen molar-refractivity contribution in [1.82, 2.24) is 15.3 Å². The van der Waals surface area contributed by atoms with Crippen LogP contribution < -0.4 is 16.0 Å². The van der Waals surface area contributed by atoms with E-state index in [9.17, 15) is 0 Å². The Labute approximate surface area is 161 Å². The second-order valence-electron chi connectivity index (χ2n) is 6.71. The van der Waals surface area contributed by atoms with E-state index in [0.717, 1.165) is 32.0 Å². The van der Waals surface area contributed by atoms with E-state index in [4.69, 9.17) is 5.73 Å². The van der Waals surface area contributed by atoms with Gasteiger partial charge in [0.25, 0.3) is 0 Å². The van der Waals surface area contributed by atoms with Gasteiger partial charge in [0.05, 0.1) is 0 Å². The molecule has 3 N–H and O–H groups in total. The quantitative estimate of drug-likeness (QED) is 0.424. The largest absolute Gasteiger partial charge is 0.370 e. The molecule has 7 heteroatoms. The predicted octanol–water partition coefficient (Wildman–Crippen LogP) is 2.55. The molecular weight excluding hydrogens is 415 g/mol. The van der Waals surface area contributed by atoms with Gasteiger partial charge in [0.1, 0.15) is 0 Å². The first kappa shape index (κ1) is 19.2. The van der Waals surface area contributed by atoms with Gasteiger partial charge in [-0.3, -0.25) is 4.99 Å². The van der Waals surface area contributed by atoms with Crippen LogP contribution in [0.4, 0.5) is 5.95 Å². The molecule has 134 valence electrons. The lowest BCUT2D eigenvalue weighted by molar-refractivity contribution is 0.407. The minimum atomic E-state index is 0. The Kier molecular flexibility index (Phi) is 8.01. The minimum Gasteiger partial charge on any atom is -0.370 e. The van der Waals surface area contributed by atoms with Crippen LogP contribution in [0, 0.1) is 5.92 Å². The highest BCUT2D eigenvalue weighted by Crippen LogP contribution is 2.20. The molecule has 24 heavy (non-hydrogen) atoms. The van der Waals surface area contributed by atoms with Gasteiger partial charge in [0.2, 0.25) is 5.95 Å². The Hall–Kier alpha value is -1.12. The number of aliphatic imine (C=N–C) groups is 1. The maximum Gasteiger partial charge on any atom is 0.225 e. The number of piperidine rings is 1. The van der Waals surface area contributed by atoms with E-state index < -0.39 is 0 Å². The first-order valence-corrected chi connectivity index (χ1v) is 8.89. The molecule has 1 unspecified atom stereocenters. The molecule has 1 aliphatic heterocycles. The van der Waals surface area contributed by atoms with Gasteiger partial charge < -0.3 is 16.0 Å². The molecule has 6 nitrogen and oxygen atoms in total. The fourth-order valence-corrected chi connectivity index (χ4v) is 3.58. The minimum absolute atomic E-state index is 0. The van der Waals surface area contributed by atoms with Crippen LogP contribution in [-0.4, -0.2) is 41.6 Å². The number of anilines is 1. The Morgan fingerprint density at radius 1 is 1.17 bits per heavy atom. The highest BCUT2D eigenvalue weighted by molar-refractivity contribution is 14.0. The maximum absolute atomic E-state index is 6.07. The van der Waals surface area contributed by atoms with Gasteiger partial charge in [-0.25, -0.2) is 9.97 Å². The van der Waals surface area contributed by atoms with E-state index in [-0.39, 0.29) is 24.0 Å². The highest BCUT2D eigenvalue weighted by atomic mass is 127. The SMILES string of the molecule is I.NC(=NCC1CCCN(c2ncccn2)C1)NC1CCCCC1. The summed E-state index contributed by atoms with van der Waals surface area (Å²) in [6.07, 6.45) is 12.4. The van der Waals surface area contributed by atoms with Gasteiger partial charge in [0.15, 0.2) is 5.96 Å². The summed E-state index contributed by atoms with van der Waals surface area (Å²) < 4.78 is 0. The average Bonchev–Trinajstić information content (AvgIpc) is 2.62. The van der Waals surface area contributed by atoms with E-state index >= 15 is 0 Å². The highest BCUT2D eigenvalue weighted by Gasteiger charge is 2.21. The van der Waals surface area contributed by atoms with Crippen LogP contribution in [0.5, 0.6) is 0 Å². The number of halogens is 1. The fraction of sp³-hybridized carbons (Fsp3) is 0.706. The van der Waals surface area contributed by atoms with Crippen molar-refractivity contribution in [3.8, 4) is 0 Å². The molecule has 0 bridgehead atoms. The molecule has 0 spiro atoms. The number of rotatable bonds is 4. The Balaban J connectivity index is 0.00000208.